The minimum atomic E-state index is -0.968. The van der Waals surface area contributed by atoms with Gasteiger partial charge in [0.1, 0.15) is 5.69 Å². The molecule has 0 saturated carbocycles. The van der Waals surface area contributed by atoms with Crippen LogP contribution in [0, 0.1) is 0 Å². The normalized spacial score (nSPS) is 22.2. The van der Waals surface area contributed by atoms with E-state index in [9.17, 15) is 9.90 Å². The van der Waals surface area contributed by atoms with Crippen molar-refractivity contribution in [2.75, 3.05) is 72.0 Å². The van der Waals surface area contributed by atoms with Crippen molar-refractivity contribution in [3.05, 3.63) is 59.4 Å². The fourth-order valence-electron chi connectivity index (χ4n) is 5.39. The standard InChI is InChI=1S/C29H40N6O2S/c36-29(37)28-6-1-5-27(31-28)23-35-17-4-15-32-12-2-13-33(21-22-35)14-3-16-34(20-19-32)18-11-25-7-9-26(10-8-25)30-24-38/h1,5-10H,2-4,11-23H2,(H,36,37). The van der Waals surface area contributed by atoms with E-state index in [0.29, 0.717) is 6.54 Å². The van der Waals surface area contributed by atoms with Gasteiger partial charge in [-0.2, -0.15) is 4.99 Å². The van der Waals surface area contributed by atoms with E-state index in [1.807, 2.05) is 18.2 Å². The van der Waals surface area contributed by atoms with E-state index < -0.39 is 5.97 Å². The second kappa shape index (κ2) is 15.2. The predicted molar refractivity (Wildman–Crippen MR) is 154 cm³/mol. The number of thiocarbonyl (C=S) groups is 1. The quantitative estimate of drug-likeness (QED) is 0.425. The van der Waals surface area contributed by atoms with Crippen molar-refractivity contribution in [3.63, 3.8) is 0 Å². The zero-order valence-corrected chi connectivity index (χ0v) is 23.1. The minimum absolute atomic E-state index is 0.122. The van der Waals surface area contributed by atoms with Crippen molar-refractivity contribution in [3.8, 4) is 0 Å². The van der Waals surface area contributed by atoms with Crippen LogP contribution >= 0.6 is 12.2 Å². The van der Waals surface area contributed by atoms with Crippen LogP contribution in [0.1, 0.15) is 41.0 Å². The summed E-state index contributed by atoms with van der Waals surface area (Å²) in [4.78, 5) is 30.1. The molecule has 2 aliphatic rings. The SMILES string of the molecule is O=C(O)c1cccc(CN2CCCN3CCCN(CCCN(CCc4ccc(N=C=S)cc4)CC3)CC2)n1. The first kappa shape index (κ1) is 28.5. The van der Waals surface area contributed by atoms with Crippen molar-refractivity contribution >= 4 is 29.0 Å². The first-order valence-electron chi connectivity index (χ1n) is 13.8. The van der Waals surface area contributed by atoms with E-state index in [4.69, 9.17) is 12.2 Å². The Labute approximate surface area is 232 Å². The highest BCUT2D eigenvalue weighted by Gasteiger charge is 2.18. The van der Waals surface area contributed by atoms with Crippen molar-refractivity contribution in [1.29, 1.82) is 0 Å². The highest BCUT2D eigenvalue weighted by Crippen LogP contribution is 2.14. The molecule has 0 radical (unpaired) electrons. The second-order valence-corrected chi connectivity index (χ2v) is 10.5. The van der Waals surface area contributed by atoms with Crippen LogP contribution in [0.4, 0.5) is 5.69 Å². The molecule has 2 fully saturated rings. The Kier molecular flexibility index (Phi) is 11.4. The first-order valence-corrected chi connectivity index (χ1v) is 14.3. The molecule has 1 N–H and O–H groups in total. The van der Waals surface area contributed by atoms with Gasteiger partial charge in [0.2, 0.25) is 0 Å². The molecular weight excluding hydrogens is 496 g/mol. The molecule has 9 heteroatoms. The maximum atomic E-state index is 11.4. The molecule has 4 rings (SSSR count). The van der Waals surface area contributed by atoms with Gasteiger partial charge in [-0.1, -0.05) is 18.2 Å². The summed E-state index contributed by atoms with van der Waals surface area (Å²) in [6, 6.07) is 13.6. The van der Waals surface area contributed by atoms with Crippen molar-refractivity contribution < 1.29 is 9.90 Å². The lowest BCUT2D eigenvalue weighted by molar-refractivity contribution is 0.0689. The number of nitrogens with zero attached hydrogens (tertiary/aromatic N) is 6. The molecule has 1 aromatic carbocycles. The first-order chi connectivity index (χ1) is 18.6. The number of aromatic nitrogens is 1. The van der Waals surface area contributed by atoms with Gasteiger partial charge in [-0.3, -0.25) is 4.90 Å². The van der Waals surface area contributed by atoms with Crippen molar-refractivity contribution in [2.45, 2.75) is 32.2 Å². The van der Waals surface area contributed by atoms with Gasteiger partial charge in [-0.25, -0.2) is 9.78 Å². The fourth-order valence-corrected chi connectivity index (χ4v) is 5.49. The largest absolute Gasteiger partial charge is 0.477 e. The zero-order valence-electron chi connectivity index (χ0n) is 22.3. The maximum Gasteiger partial charge on any atom is 0.354 e. The van der Waals surface area contributed by atoms with Crippen LogP contribution in [-0.2, 0) is 13.0 Å². The average Bonchev–Trinajstić information content (AvgIpc) is 2.99. The number of carboxylic acids is 1. The number of rotatable bonds is 7. The molecule has 2 unspecified atom stereocenters. The number of hydrogen-bond acceptors (Lipinski definition) is 8. The maximum absolute atomic E-state index is 11.4. The number of pyridine rings is 1. The Morgan fingerprint density at radius 1 is 0.842 bits per heavy atom. The van der Waals surface area contributed by atoms with Crippen LogP contribution in [0.5, 0.6) is 0 Å². The Bertz CT molecular complexity index is 1070. The molecule has 8 nitrogen and oxygen atoms in total. The van der Waals surface area contributed by atoms with E-state index in [0.717, 1.165) is 96.2 Å². The van der Waals surface area contributed by atoms with E-state index in [2.05, 4.69) is 46.9 Å². The van der Waals surface area contributed by atoms with Crippen LogP contribution in [0.15, 0.2) is 47.5 Å². The molecule has 2 aliphatic heterocycles. The fraction of sp³-hybridized carbons (Fsp3) is 0.552. The molecule has 38 heavy (non-hydrogen) atoms. The lowest BCUT2D eigenvalue weighted by Gasteiger charge is -2.29. The lowest BCUT2D eigenvalue weighted by Crippen LogP contribution is -2.39. The van der Waals surface area contributed by atoms with Crippen molar-refractivity contribution in [2.24, 2.45) is 4.99 Å². The molecule has 0 spiro atoms. The third kappa shape index (κ3) is 9.34. The third-order valence-electron chi connectivity index (χ3n) is 7.55. The van der Waals surface area contributed by atoms with E-state index in [1.165, 1.54) is 18.4 Å². The molecule has 2 bridgehead atoms. The number of isothiocyanates is 1. The van der Waals surface area contributed by atoms with Gasteiger partial charge in [0, 0.05) is 39.3 Å². The lowest BCUT2D eigenvalue weighted by atomic mass is 10.1. The van der Waals surface area contributed by atoms with Crippen molar-refractivity contribution in [1.82, 2.24) is 24.6 Å². The molecule has 0 aliphatic carbocycles. The van der Waals surface area contributed by atoms with Gasteiger partial charge < -0.3 is 19.8 Å². The summed E-state index contributed by atoms with van der Waals surface area (Å²) in [5.74, 6) is -0.968. The second-order valence-electron chi connectivity index (χ2n) is 10.3. The Morgan fingerprint density at radius 2 is 1.47 bits per heavy atom. The molecular formula is C29H40N6O2S. The smallest absolute Gasteiger partial charge is 0.354 e. The number of benzene rings is 1. The minimum Gasteiger partial charge on any atom is -0.477 e. The number of carboxylic acid groups (broad SMARTS) is 1. The van der Waals surface area contributed by atoms with Crippen LogP contribution in [-0.4, -0.2) is 113 Å². The summed E-state index contributed by atoms with van der Waals surface area (Å²) >= 11 is 4.71. The van der Waals surface area contributed by atoms with Gasteiger partial charge in [-0.05, 0) is 107 Å². The summed E-state index contributed by atoms with van der Waals surface area (Å²) in [7, 11) is 0. The molecule has 3 heterocycles. The number of aliphatic imine (C=N–C) groups is 1. The predicted octanol–water partition coefficient (Wildman–Crippen LogP) is 3.66. The molecule has 1 aromatic heterocycles. The van der Waals surface area contributed by atoms with Gasteiger partial charge in [0.25, 0.3) is 0 Å². The molecule has 0 amide bonds. The van der Waals surface area contributed by atoms with E-state index in [-0.39, 0.29) is 5.69 Å². The Hall–Kier alpha value is -2.52. The van der Waals surface area contributed by atoms with Crippen LogP contribution < -0.4 is 0 Å². The summed E-state index contributed by atoms with van der Waals surface area (Å²) < 4.78 is 0. The van der Waals surface area contributed by atoms with E-state index in [1.54, 1.807) is 12.1 Å². The Balaban J connectivity index is 1.35. The summed E-state index contributed by atoms with van der Waals surface area (Å²) in [5.41, 5.74) is 3.15. The number of carbonyl (C=O) groups is 1. The summed E-state index contributed by atoms with van der Waals surface area (Å²) in [6.45, 7) is 12.6. The monoisotopic (exact) mass is 536 g/mol. The Morgan fingerprint density at radius 3 is 2.13 bits per heavy atom. The van der Waals surface area contributed by atoms with Crippen LogP contribution in [0.25, 0.3) is 0 Å². The van der Waals surface area contributed by atoms with Gasteiger partial charge >= 0.3 is 5.97 Å². The average molecular weight is 537 g/mol. The van der Waals surface area contributed by atoms with Crippen LogP contribution in [0.3, 0.4) is 0 Å². The van der Waals surface area contributed by atoms with Gasteiger partial charge in [-0.15, -0.1) is 0 Å². The highest BCUT2D eigenvalue weighted by molar-refractivity contribution is 7.78. The molecule has 2 aromatic rings. The summed E-state index contributed by atoms with van der Waals surface area (Å²) in [5, 5.41) is 11.7. The summed E-state index contributed by atoms with van der Waals surface area (Å²) in [6.07, 6.45) is 4.52. The van der Waals surface area contributed by atoms with Gasteiger partial charge in [0.15, 0.2) is 0 Å². The molecule has 2 atom stereocenters. The topological polar surface area (TPSA) is 75.5 Å². The number of fused-ring (bicyclic) bond motifs is 4. The number of aromatic carboxylic acids is 1. The number of hydrogen-bond donors (Lipinski definition) is 1. The zero-order chi connectivity index (χ0) is 26.6. The highest BCUT2D eigenvalue weighted by atomic mass is 32.1. The third-order valence-corrected chi connectivity index (χ3v) is 7.64. The van der Waals surface area contributed by atoms with Crippen LogP contribution in [0.2, 0.25) is 0 Å². The van der Waals surface area contributed by atoms with E-state index >= 15 is 0 Å². The van der Waals surface area contributed by atoms with Gasteiger partial charge in [0.05, 0.1) is 16.5 Å². The molecule has 204 valence electrons. The molecule has 2 saturated heterocycles.